The highest BCUT2D eigenvalue weighted by molar-refractivity contribution is 5.79. The molecule has 0 aliphatic rings. The quantitative estimate of drug-likeness (QED) is 0.535. The summed E-state index contributed by atoms with van der Waals surface area (Å²) in [4.78, 5) is 7.02. The molecule has 0 saturated carbocycles. The van der Waals surface area contributed by atoms with Gasteiger partial charge >= 0.3 is 0 Å². The van der Waals surface area contributed by atoms with E-state index in [4.69, 9.17) is 0 Å². The highest BCUT2D eigenvalue weighted by Crippen LogP contribution is 2.07. The number of hydrogen-bond acceptors (Lipinski definition) is 3. The van der Waals surface area contributed by atoms with E-state index >= 15 is 0 Å². The molecule has 0 spiro atoms. The van der Waals surface area contributed by atoms with E-state index < -0.39 is 0 Å². The van der Waals surface area contributed by atoms with Crippen molar-refractivity contribution in [2.24, 2.45) is 12.0 Å². The molecule has 0 aliphatic carbocycles. The summed E-state index contributed by atoms with van der Waals surface area (Å²) in [5.41, 5.74) is 2.46. The van der Waals surface area contributed by atoms with Gasteiger partial charge in [0.1, 0.15) is 0 Å². The van der Waals surface area contributed by atoms with E-state index in [1.165, 1.54) is 5.56 Å². The van der Waals surface area contributed by atoms with Gasteiger partial charge in [0.05, 0.1) is 12.7 Å². The van der Waals surface area contributed by atoms with Crippen molar-refractivity contribution in [3.8, 4) is 0 Å². The van der Waals surface area contributed by atoms with E-state index in [0.29, 0.717) is 12.6 Å². The first-order valence-electron chi connectivity index (χ1n) is 9.32. The number of aryl methyl sites for hydroxylation is 1. The molecule has 6 nitrogen and oxygen atoms in total. The SMILES string of the molecule is CCNC(=NCc1cnn(C)c1)NCCC(C)N(C)Cc1ccccc1. The van der Waals surface area contributed by atoms with E-state index in [2.05, 4.69) is 76.9 Å². The monoisotopic (exact) mass is 356 g/mol. The molecule has 2 aromatic rings. The average Bonchev–Trinajstić information content (AvgIpc) is 3.05. The van der Waals surface area contributed by atoms with Crippen molar-refractivity contribution >= 4 is 5.96 Å². The molecular formula is C20H32N6. The Morgan fingerprint density at radius 3 is 2.65 bits per heavy atom. The van der Waals surface area contributed by atoms with Crippen molar-refractivity contribution in [2.75, 3.05) is 20.1 Å². The molecule has 1 unspecified atom stereocenters. The summed E-state index contributed by atoms with van der Waals surface area (Å²) in [7, 11) is 4.10. The maximum Gasteiger partial charge on any atom is 0.191 e. The molecular weight excluding hydrogens is 324 g/mol. The molecule has 26 heavy (non-hydrogen) atoms. The van der Waals surface area contributed by atoms with Crippen LogP contribution < -0.4 is 10.6 Å². The zero-order chi connectivity index (χ0) is 18.8. The average molecular weight is 357 g/mol. The molecule has 0 radical (unpaired) electrons. The maximum atomic E-state index is 4.63. The van der Waals surface area contributed by atoms with Gasteiger partial charge in [0.25, 0.3) is 0 Å². The van der Waals surface area contributed by atoms with Crippen molar-refractivity contribution in [2.45, 2.75) is 39.4 Å². The van der Waals surface area contributed by atoms with E-state index in [0.717, 1.165) is 37.6 Å². The van der Waals surface area contributed by atoms with Crippen LogP contribution in [-0.4, -0.2) is 46.8 Å². The second kappa shape index (κ2) is 10.6. The zero-order valence-corrected chi connectivity index (χ0v) is 16.4. The van der Waals surface area contributed by atoms with Crippen molar-refractivity contribution in [1.29, 1.82) is 0 Å². The van der Waals surface area contributed by atoms with Crippen LogP contribution in [-0.2, 0) is 20.1 Å². The molecule has 6 heteroatoms. The van der Waals surface area contributed by atoms with Gasteiger partial charge in [0, 0.05) is 44.5 Å². The lowest BCUT2D eigenvalue weighted by Crippen LogP contribution is -2.40. The normalized spacial score (nSPS) is 13.0. The molecule has 142 valence electrons. The lowest BCUT2D eigenvalue weighted by Gasteiger charge is -2.25. The van der Waals surface area contributed by atoms with E-state index in [1.54, 1.807) is 4.68 Å². The Balaban J connectivity index is 1.77. The number of aliphatic imine (C=N–C) groups is 1. The molecule has 0 fully saturated rings. The molecule has 2 N–H and O–H groups in total. The maximum absolute atomic E-state index is 4.63. The van der Waals surface area contributed by atoms with Gasteiger partial charge in [0.15, 0.2) is 5.96 Å². The van der Waals surface area contributed by atoms with Crippen LogP contribution in [0.15, 0.2) is 47.7 Å². The van der Waals surface area contributed by atoms with Gasteiger partial charge in [-0.15, -0.1) is 0 Å². The van der Waals surface area contributed by atoms with Crippen LogP contribution in [0.3, 0.4) is 0 Å². The summed E-state index contributed by atoms with van der Waals surface area (Å²) in [5.74, 6) is 0.856. The molecule has 0 aliphatic heterocycles. The van der Waals surface area contributed by atoms with Gasteiger partial charge in [-0.1, -0.05) is 30.3 Å². The van der Waals surface area contributed by atoms with Crippen LogP contribution in [0.5, 0.6) is 0 Å². The fourth-order valence-corrected chi connectivity index (χ4v) is 2.71. The number of nitrogens with zero attached hydrogens (tertiary/aromatic N) is 4. The van der Waals surface area contributed by atoms with Crippen LogP contribution in [0.4, 0.5) is 0 Å². The third-order valence-corrected chi connectivity index (χ3v) is 4.40. The Morgan fingerprint density at radius 2 is 2.00 bits per heavy atom. The minimum absolute atomic E-state index is 0.490. The second-order valence-electron chi connectivity index (χ2n) is 6.68. The van der Waals surface area contributed by atoms with Gasteiger partial charge in [-0.2, -0.15) is 5.10 Å². The van der Waals surface area contributed by atoms with Crippen LogP contribution in [0.2, 0.25) is 0 Å². The van der Waals surface area contributed by atoms with Gasteiger partial charge < -0.3 is 10.6 Å². The Morgan fingerprint density at radius 1 is 1.23 bits per heavy atom. The fourth-order valence-electron chi connectivity index (χ4n) is 2.71. The van der Waals surface area contributed by atoms with Crippen LogP contribution in [0.1, 0.15) is 31.4 Å². The Kier molecular flexibility index (Phi) is 8.15. The first kappa shape index (κ1) is 20.0. The zero-order valence-electron chi connectivity index (χ0n) is 16.4. The van der Waals surface area contributed by atoms with Crippen LogP contribution >= 0.6 is 0 Å². The minimum atomic E-state index is 0.490. The summed E-state index contributed by atoms with van der Waals surface area (Å²) < 4.78 is 1.80. The number of benzene rings is 1. The van der Waals surface area contributed by atoms with E-state index in [-0.39, 0.29) is 0 Å². The Hall–Kier alpha value is -2.34. The van der Waals surface area contributed by atoms with Gasteiger partial charge in [-0.25, -0.2) is 4.99 Å². The predicted molar refractivity (Wildman–Crippen MR) is 108 cm³/mol. The smallest absolute Gasteiger partial charge is 0.191 e. The number of hydrogen-bond donors (Lipinski definition) is 2. The first-order chi connectivity index (χ1) is 12.6. The van der Waals surface area contributed by atoms with Crippen LogP contribution in [0.25, 0.3) is 0 Å². The lowest BCUT2D eigenvalue weighted by molar-refractivity contribution is 0.238. The largest absolute Gasteiger partial charge is 0.357 e. The number of nitrogens with one attached hydrogen (secondary N) is 2. The van der Waals surface area contributed by atoms with Gasteiger partial charge in [0.2, 0.25) is 0 Å². The van der Waals surface area contributed by atoms with Crippen molar-refractivity contribution in [3.05, 3.63) is 53.9 Å². The highest BCUT2D eigenvalue weighted by atomic mass is 15.2. The minimum Gasteiger partial charge on any atom is -0.357 e. The van der Waals surface area contributed by atoms with Gasteiger partial charge in [-0.05, 0) is 32.9 Å². The molecule has 1 atom stereocenters. The predicted octanol–water partition coefficient (Wildman–Crippen LogP) is 2.39. The topological polar surface area (TPSA) is 57.5 Å². The number of rotatable bonds is 9. The second-order valence-corrected chi connectivity index (χ2v) is 6.68. The molecule has 1 heterocycles. The van der Waals surface area contributed by atoms with Crippen molar-refractivity contribution < 1.29 is 0 Å². The third kappa shape index (κ3) is 6.88. The summed E-state index contributed by atoms with van der Waals surface area (Å²) in [6.45, 7) is 7.69. The van der Waals surface area contributed by atoms with Gasteiger partial charge in [-0.3, -0.25) is 9.58 Å². The Bertz CT molecular complexity index is 664. The summed E-state index contributed by atoms with van der Waals surface area (Å²) in [5, 5.41) is 10.9. The lowest BCUT2D eigenvalue weighted by atomic mass is 10.1. The molecule has 2 rings (SSSR count). The van der Waals surface area contributed by atoms with Crippen molar-refractivity contribution in [3.63, 3.8) is 0 Å². The fraction of sp³-hybridized carbons (Fsp3) is 0.500. The number of aromatic nitrogens is 2. The summed E-state index contributed by atoms with van der Waals surface area (Å²) in [6, 6.07) is 11.1. The van der Waals surface area contributed by atoms with Crippen molar-refractivity contribution in [1.82, 2.24) is 25.3 Å². The highest BCUT2D eigenvalue weighted by Gasteiger charge is 2.09. The number of guanidine groups is 1. The summed E-state index contributed by atoms with van der Waals surface area (Å²) in [6.07, 6.45) is 4.90. The molecule has 1 aromatic carbocycles. The summed E-state index contributed by atoms with van der Waals surface area (Å²) >= 11 is 0. The van der Waals surface area contributed by atoms with E-state index in [1.807, 2.05) is 19.4 Å². The molecule has 1 aromatic heterocycles. The molecule has 0 saturated heterocycles. The molecule has 0 bridgehead atoms. The van der Waals surface area contributed by atoms with Crippen LogP contribution in [0, 0.1) is 0 Å². The standard InChI is InChI=1S/C20H32N6/c1-5-21-20(23-13-19-14-24-26(4)16-19)22-12-11-17(2)25(3)15-18-9-7-6-8-10-18/h6-10,14,16-17H,5,11-13,15H2,1-4H3,(H2,21,22,23). The molecule has 0 amide bonds. The van der Waals surface area contributed by atoms with E-state index in [9.17, 15) is 0 Å². The Labute approximate surface area is 157 Å². The third-order valence-electron chi connectivity index (χ3n) is 4.40. The first-order valence-corrected chi connectivity index (χ1v) is 9.32.